The van der Waals surface area contributed by atoms with Gasteiger partial charge in [-0.2, -0.15) is 8.42 Å². The summed E-state index contributed by atoms with van der Waals surface area (Å²) in [6.07, 6.45) is 0. The molecule has 0 aliphatic carbocycles. The summed E-state index contributed by atoms with van der Waals surface area (Å²) in [6, 6.07) is 0. The van der Waals surface area contributed by atoms with Gasteiger partial charge in [-0.05, 0) is 0 Å². The van der Waals surface area contributed by atoms with Gasteiger partial charge < -0.3 is 0 Å². The first kappa shape index (κ1) is 15.8. The highest BCUT2D eigenvalue weighted by Crippen LogP contribution is 1.74. The molecule has 1 N–H and O–H groups in total. The summed E-state index contributed by atoms with van der Waals surface area (Å²) in [5.74, 6) is 0. The van der Waals surface area contributed by atoms with Crippen molar-refractivity contribution in [1.29, 1.82) is 0 Å². The minimum atomic E-state index is -4.16. The predicted molar refractivity (Wildman–Crippen MR) is 33.1 cm³/mol. The minimum absolute atomic E-state index is 0. The predicted octanol–water partition coefficient (Wildman–Crippen LogP) is 0.279. The minimum Gasteiger partial charge on any atom is -0.264 e. The average molecular weight is 185 g/mol. The van der Waals surface area contributed by atoms with Crippen LogP contribution in [-0.4, -0.2) is 20.1 Å². The fraction of sp³-hybridized carbons (Fsp3) is 1.00. The van der Waals surface area contributed by atoms with Crippen LogP contribution < -0.4 is 0 Å². The van der Waals surface area contributed by atoms with E-state index < -0.39 is 10.4 Å². The first-order valence-electron chi connectivity index (χ1n) is 1.09. The second-order valence-electron chi connectivity index (χ2n) is 0.594. The number of hydrogen-bond acceptors (Lipinski definition) is 3. The van der Waals surface area contributed by atoms with Crippen molar-refractivity contribution in [3.8, 4) is 0 Å². The Bertz CT molecular complexity index is 116. The molecule has 0 unspecified atom stereocenters. The fourth-order valence-electron chi connectivity index (χ4n) is 0. The molecule has 8 heavy (non-hydrogen) atoms. The van der Waals surface area contributed by atoms with Crippen molar-refractivity contribution in [3.63, 3.8) is 0 Å². The van der Waals surface area contributed by atoms with Gasteiger partial charge in [-0.1, -0.05) is 0 Å². The van der Waals surface area contributed by atoms with Crippen LogP contribution >= 0.6 is 24.8 Å². The molecule has 0 aromatic carbocycles. The van der Waals surface area contributed by atoms with Gasteiger partial charge in [-0.3, -0.25) is 8.74 Å². The van der Waals surface area contributed by atoms with Gasteiger partial charge in [0.15, 0.2) is 0 Å². The Kier molecular flexibility index (Phi) is 11.0. The third-order valence-corrected chi connectivity index (χ3v) is 0.632. The van der Waals surface area contributed by atoms with Crippen LogP contribution in [0.5, 0.6) is 0 Å². The number of hydrogen-bond donors (Lipinski definition) is 1. The summed E-state index contributed by atoms with van der Waals surface area (Å²) in [7, 11) is -3.29. The van der Waals surface area contributed by atoms with Gasteiger partial charge in [0, 0.05) is 0 Å². The lowest BCUT2D eigenvalue weighted by atomic mass is 11.8. The first-order chi connectivity index (χ1) is 2.56. The van der Waals surface area contributed by atoms with E-state index in [9.17, 15) is 8.42 Å². The van der Waals surface area contributed by atoms with Crippen molar-refractivity contribution in [2.24, 2.45) is 0 Å². The lowest BCUT2D eigenvalue weighted by molar-refractivity contribution is 0.324. The molecule has 0 bridgehead atoms. The molecule has 0 aromatic heterocycles. The van der Waals surface area contributed by atoms with Crippen molar-refractivity contribution < 1.29 is 17.2 Å². The number of halogens is 2. The largest absolute Gasteiger partial charge is 0.397 e. The standard InChI is InChI=1S/CH4O4S.2ClH/c1-5-6(2,3)4;;/h1H3,(H,2,3,4);2*1H. The Labute approximate surface area is 60.0 Å². The molecule has 0 saturated heterocycles. The second kappa shape index (κ2) is 5.58. The second-order valence-corrected chi connectivity index (χ2v) is 1.78. The lowest BCUT2D eigenvalue weighted by Crippen LogP contribution is -1.96. The maximum atomic E-state index is 9.33. The third-order valence-electron chi connectivity index (χ3n) is 0.211. The molecule has 0 fully saturated rings. The molecule has 0 radical (unpaired) electrons. The van der Waals surface area contributed by atoms with E-state index in [0.29, 0.717) is 0 Å². The molecule has 4 nitrogen and oxygen atoms in total. The van der Waals surface area contributed by atoms with Crippen LogP contribution in [0.25, 0.3) is 0 Å². The zero-order valence-corrected chi connectivity index (χ0v) is 6.35. The molecule has 0 saturated carbocycles. The van der Waals surface area contributed by atoms with E-state index in [4.69, 9.17) is 4.55 Å². The molecular formula is CH6Cl2O4S. The van der Waals surface area contributed by atoms with Gasteiger partial charge in [0.2, 0.25) is 0 Å². The molecule has 0 aliphatic heterocycles. The van der Waals surface area contributed by atoms with E-state index in [2.05, 4.69) is 4.18 Å². The molecule has 0 spiro atoms. The zero-order chi connectivity index (χ0) is 5.21. The van der Waals surface area contributed by atoms with Gasteiger partial charge in [0.05, 0.1) is 7.11 Å². The van der Waals surface area contributed by atoms with Crippen LogP contribution in [0.2, 0.25) is 0 Å². The van der Waals surface area contributed by atoms with Crippen molar-refractivity contribution in [1.82, 2.24) is 0 Å². The van der Waals surface area contributed by atoms with Crippen molar-refractivity contribution in [2.75, 3.05) is 7.11 Å². The molecule has 0 aliphatic rings. The van der Waals surface area contributed by atoms with Gasteiger partial charge in [0.25, 0.3) is 0 Å². The quantitative estimate of drug-likeness (QED) is 0.596. The summed E-state index contributed by atoms with van der Waals surface area (Å²) in [6.45, 7) is 0. The third kappa shape index (κ3) is 16.1. The molecular weight excluding hydrogens is 179 g/mol. The number of rotatable bonds is 1. The van der Waals surface area contributed by atoms with E-state index in [-0.39, 0.29) is 24.8 Å². The summed E-state index contributed by atoms with van der Waals surface area (Å²) < 4.78 is 29.7. The van der Waals surface area contributed by atoms with Gasteiger partial charge >= 0.3 is 10.4 Å². The first-order valence-corrected chi connectivity index (χ1v) is 2.46. The molecule has 54 valence electrons. The SMILES string of the molecule is COS(=O)(=O)O.Cl.Cl. The maximum Gasteiger partial charge on any atom is 0.397 e. The van der Waals surface area contributed by atoms with Crippen molar-refractivity contribution in [2.45, 2.75) is 0 Å². The Balaban J connectivity index is -0.000000125. The van der Waals surface area contributed by atoms with Crippen molar-refractivity contribution >= 4 is 35.2 Å². The lowest BCUT2D eigenvalue weighted by Gasteiger charge is -1.82. The molecule has 0 amide bonds. The van der Waals surface area contributed by atoms with Crippen LogP contribution in [-0.2, 0) is 14.6 Å². The smallest absolute Gasteiger partial charge is 0.264 e. The van der Waals surface area contributed by atoms with E-state index in [1.165, 1.54) is 0 Å². The molecule has 7 heteroatoms. The van der Waals surface area contributed by atoms with Crippen LogP contribution in [0.3, 0.4) is 0 Å². The van der Waals surface area contributed by atoms with Crippen LogP contribution in [0.15, 0.2) is 0 Å². The fourth-order valence-corrected chi connectivity index (χ4v) is 0. The maximum absolute atomic E-state index is 9.33. The average Bonchev–Trinajstić information content (AvgIpc) is 1.35. The topological polar surface area (TPSA) is 63.6 Å². The highest BCUT2D eigenvalue weighted by molar-refractivity contribution is 7.80. The van der Waals surface area contributed by atoms with Crippen LogP contribution in [0, 0.1) is 0 Å². The van der Waals surface area contributed by atoms with Gasteiger partial charge in [0.1, 0.15) is 0 Å². The summed E-state index contributed by atoms with van der Waals surface area (Å²) >= 11 is 0. The summed E-state index contributed by atoms with van der Waals surface area (Å²) in [5, 5.41) is 0. The normalized spacial score (nSPS) is 8.75. The molecule has 0 heterocycles. The molecule has 0 atom stereocenters. The summed E-state index contributed by atoms with van der Waals surface area (Å²) in [4.78, 5) is 0. The van der Waals surface area contributed by atoms with Crippen molar-refractivity contribution in [3.05, 3.63) is 0 Å². The monoisotopic (exact) mass is 184 g/mol. The van der Waals surface area contributed by atoms with Crippen LogP contribution in [0.4, 0.5) is 0 Å². The Morgan fingerprint density at radius 3 is 1.50 bits per heavy atom. The Morgan fingerprint density at radius 2 is 1.50 bits per heavy atom. The van der Waals surface area contributed by atoms with E-state index in [0.717, 1.165) is 7.11 Å². The van der Waals surface area contributed by atoms with E-state index in [1.54, 1.807) is 0 Å². The molecule has 0 aromatic rings. The van der Waals surface area contributed by atoms with E-state index in [1.807, 2.05) is 0 Å². The molecule has 0 rings (SSSR count). The van der Waals surface area contributed by atoms with Gasteiger partial charge in [-0.25, -0.2) is 0 Å². The highest BCUT2D eigenvalue weighted by atomic mass is 35.5. The Hall–Kier alpha value is 0.450. The Morgan fingerprint density at radius 1 is 1.38 bits per heavy atom. The van der Waals surface area contributed by atoms with E-state index >= 15 is 0 Å². The van der Waals surface area contributed by atoms with Crippen LogP contribution in [0.1, 0.15) is 0 Å². The highest BCUT2D eigenvalue weighted by Gasteiger charge is 1.93. The zero-order valence-electron chi connectivity index (χ0n) is 3.90. The summed E-state index contributed by atoms with van der Waals surface area (Å²) in [5.41, 5.74) is 0. The van der Waals surface area contributed by atoms with Gasteiger partial charge in [-0.15, -0.1) is 24.8 Å².